The van der Waals surface area contributed by atoms with Crippen molar-refractivity contribution in [3.05, 3.63) is 53.3 Å². The average molecular weight is 351 g/mol. The summed E-state index contributed by atoms with van der Waals surface area (Å²) in [7, 11) is 1.62. The number of benzene rings is 2. The second kappa shape index (κ2) is 6.22. The summed E-state index contributed by atoms with van der Waals surface area (Å²) < 4.78 is 12.9. The van der Waals surface area contributed by atoms with E-state index in [1.165, 1.54) is 29.2 Å². The fourth-order valence-electron chi connectivity index (χ4n) is 2.24. The molecule has 1 N–H and O–H groups in total. The Balaban J connectivity index is 1.83. The molecule has 0 spiro atoms. The van der Waals surface area contributed by atoms with E-state index in [0.717, 1.165) is 22.3 Å². The monoisotopic (exact) mass is 350 g/mol. The highest BCUT2D eigenvalue weighted by Crippen LogP contribution is 2.40. The zero-order chi connectivity index (χ0) is 16.6. The second-order valence-corrected chi connectivity index (χ2v) is 6.59. The molecule has 118 valence electrons. The number of hydrogen-bond donors (Lipinski definition) is 1. The van der Waals surface area contributed by atoms with Gasteiger partial charge in [-0.25, -0.2) is 4.39 Å². The highest BCUT2D eigenvalue weighted by molar-refractivity contribution is 8.01. The number of fused-ring (bicyclic) bond motifs is 1. The summed E-state index contributed by atoms with van der Waals surface area (Å²) in [4.78, 5) is 27.0. The predicted molar refractivity (Wildman–Crippen MR) is 89.5 cm³/mol. The van der Waals surface area contributed by atoms with Crippen molar-refractivity contribution in [3.8, 4) is 0 Å². The molecule has 2 aromatic rings. The average Bonchev–Trinajstić information content (AvgIpc) is 2.52. The van der Waals surface area contributed by atoms with Gasteiger partial charge in [-0.3, -0.25) is 9.59 Å². The number of rotatable bonds is 2. The van der Waals surface area contributed by atoms with Crippen LogP contribution >= 0.6 is 23.4 Å². The third-order valence-electron chi connectivity index (χ3n) is 3.43. The van der Waals surface area contributed by atoms with Crippen molar-refractivity contribution in [2.24, 2.45) is 0 Å². The molecule has 7 heteroatoms. The van der Waals surface area contributed by atoms with E-state index < -0.39 is 17.0 Å². The first-order valence-corrected chi connectivity index (χ1v) is 8.01. The van der Waals surface area contributed by atoms with Crippen LogP contribution < -0.4 is 10.2 Å². The van der Waals surface area contributed by atoms with Gasteiger partial charge in [-0.05, 0) is 42.5 Å². The highest BCUT2D eigenvalue weighted by atomic mass is 35.5. The van der Waals surface area contributed by atoms with Crippen LogP contribution in [0.4, 0.5) is 15.8 Å². The van der Waals surface area contributed by atoms with Crippen LogP contribution in [0.2, 0.25) is 5.02 Å². The molecule has 4 nitrogen and oxygen atoms in total. The van der Waals surface area contributed by atoms with Crippen molar-refractivity contribution < 1.29 is 14.0 Å². The van der Waals surface area contributed by atoms with Crippen LogP contribution in [0.1, 0.15) is 0 Å². The number of nitrogens with one attached hydrogen (secondary N) is 1. The molecular weight excluding hydrogens is 339 g/mol. The third-order valence-corrected chi connectivity index (χ3v) is 4.90. The number of carbonyl (C=O) groups is 2. The Hall–Kier alpha value is -2.05. The van der Waals surface area contributed by atoms with E-state index in [0.29, 0.717) is 10.7 Å². The quantitative estimate of drug-likeness (QED) is 0.843. The molecule has 0 bridgehead atoms. The Labute approximate surface area is 141 Å². The molecule has 1 aliphatic heterocycles. The number of hydrogen-bond acceptors (Lipinski definition) is 3. The summed E-state index contributed by atoms with van der Waals surface area (Å²) in [6, 6.07) is 10.5. The highest BCUT2D eigenvalue weighted by Gasteiger charge is 2.36. The number of halogens is 2. The zero-order valence-corrected chi connectivity index (χ0v) is 13.6. The Bertz CT molecular complexity index is 782. The molecule has 1 aliphatic rings. The van der Waals surface area contributed by atoms with Crippen LogP contribution in [0, 0.1) is 5.82 Å². The van der Waals surface area contributed by atoms with Gasteiger partial charge >= 0.3 is 0 Å². The van der Waals surface area contributed by atoms with E-state index in [4.69, 9.17) is 11.6 Å². The summed E-state index contributed by atoms with van der Waals surface area (Å²) in [5, 5.41) is 2.25. The minimum absolute atomic E-state index is 0.315. The molecule has 3 rings (SSSR count). The van der Waals surface area contributed by atoms with Crippen LogP contribution in [0.25, 0.3) is 0 Å². The van der Waals surface area contributed by atoms with Crippen molar-refractivity contribution in [1.29, 1.82) is 0 Å². The fraction of sp³-hybridized carbons (Fsp3) is 0.125. The Kier molecular flexibility index (Phi) is 4.28. The van der Waals surface area contributed by atoms with Gasteiger partial charge in [-0.1, -0.05) is 11.6 Å². The van der Waals surface area contributed by atoms with Crippen LogP contribution in [0.5, 0.6) is 0 Å². The summed E-state index contributed by atoms with van der Waals surface area (Å²) in [6.45, 7) is 0. The van der Waals surface area contributed by atoms with Crippen LogP contribution in [0.15, 0.2) is 47.4 Å². The lowest BCUT2D eigenvalue weighted by molar-refractivity contribution is -0.124. The standard InChI is InChI=1S/C16H12ClFN2O2S/c1-20-12-7-2-9(17)8-13(12)23-14(16(20)22)15(21)19-11-5-3-10(18)4-6-11/h2-8,14H,1H3,(H,19,21). The van der Waals surface area contributed by atoms with Gasteiger partial charge in [0.15, 0.2) is 5.25 Å². The van der Waals surface area contributed by atoms with Crippen LogP contribution in [-0.4, -0.2) is 24.1 Å². The number of carbonyl (C=O) groups excluding carboxylic acids is 2. The van der Waals surface area contributed by atoms with E-state index in [9.17, 15) is 14.0 Å². The molecule has 0 radical (unpaired) electrons. The summed E-state index contributed by atoms with van der Waals surface area (Å²) in [5.41, 5.74) is 1.15. The van der Waals surface area contributed by atoms with Crippen LogP contribution in [0.3, 0.4) is 0 Å². The minimum atomic E-state index is -0.920. The summed E-state index contributed by atoms with van der Waals surface area (Å²) >= 11 is 7.13. The normalized spacial score (nSPS) is 16.9. The van der Waals surface area contributed by atoms with Crippen molar-refractivity contribution in [2.45, 2.75) is 10.1 Å². The molecule has 0 saturated heterocycles. The number of amides is 2. The zero-order valence-electron chi connectivity index (χ0n) is 12.0. The molecular formula is C16H12ClFN2O2S. The van der Waals surface area contributed by atoms with Gasteiger partial charge in [0.2, 0.25) is 11.8 Å². The van der Waals surface area contributed by atoms with Crippen LogP contribution in [-0.2, 0) is 9.59 Å². The molecule has 2 aromatic carbocycles. The molecule has 1 atom stereocenters. The lowest BCUT2D eigenvalue weighted by atomic mass is 10.2. The lowest BCUT2D eigenvalue weighted by Gasteiger charge is -2.30. The summed E-state index contributed by atoms with van der Waals surface area (Å²) in [6.07, 6.45) is 0. The number of nitrogens with zero attached hydrogens (tertiary/aromatic N) is 1. The molecule has 0 saturated carbocycles. The molecule has 0 aromatic heterocycles. The van der Waals surface area contributed by atoms with Gasteiger partial charge in [0.1, 0.15) is 5.82 Å². The van der Waals surface area contributed by atoms with Gasteiger partial charge in [0.25, 0.3) is 0 Å². The largest absolute Gasteiger partial charge is 0.325 e. The molecule has 0 aliphatic carbocycles. The number of thioether (sulfide) groups is 1. The van der Waals surface area contributed by atoms with Crippen molar-refractivity contribution in [2.75, 3.05) is 17.3 Å². The summed E-state index contributed by atoms with van der Waals surface area (Å²) in [5.74, 6) is -1.16. The Morgan fingerprint density at radius 2 is 1.96 bits per heavy atom. The van der Waals surface area contributed by atoms with Gasteiger partial charge in [-0.15, -0.1) is 11.8 Å². The van der Waals surface area contributed by atoms with Gasteiger partial charge in [0.05, 0.1) is 5.69 Å². The van der Waals surface area contributed by atoms with Crippen molar-refractivity contribution in [3.63, 3.8) is 0 Å². The van der Waals surface area contributed by atoms with Gasteiger partial charge < -0.3 is 10.2 Å². The first-order valence-electron chi connectivity index (χ1n) is 6.76. The van der Waals surface area contributed by atoms with Crippen molar-refractivity contribution in [1.82, 2.24) is 0 Å². The molecule has 1 heterocycles. The van der Waals surface area contributed by atoms with E-state index >= 15 is 0 Å². The molecule has 23 heavy (non-hydrogen) atoms. The van der Waals surface area contributed by atoms with Gasteiger partial charge in [0, 0.05) is 22.7 Å². The second-order valence-electron chi connectivity index (χ2n) is 5.00. The maximum absolute atomic E-state index is 12.9. The first-order chi connectivity index (χ1) is 11.0. The van der Waals surface area contributed by atoms with E-state index in [1.54, 1.807) is 25.2 Å². The van der Waals surface area contributed by atoms with Gasteiger partial charge in [-0.2, -0.15) is 0 Å². The third kappa shape index (κ3) is 3.18. The van der Waals surface area contributed by atoms with E-state index in [-0.39, 0.29) is 5.91 Å². The van der Waals surface area contributed by atoms with E-state index in [1.807, 2.05) is 0 Å². The smallest absolute Gasteiger partial charge is 0.249 e. The topological polar surface area (TPSA) is 49.4 Å². The first kappa shape index (κ1) is 15.8. The number of anilines is 2. The van der Waals surface area contributed by atoms with Crippen molar-refractivity contribution >= 4 is 46.6 Å². The SMILES string of the molecule is CN1C(=O)C(C(=O)Nc2ccc(F)cc2)Sc2cc(Cl)ccc21. The molecule has 0 fully saturated rings. The minimum Gasteiger partial charge on any atom is -0.325 e. The Morgan fingerprint density at radius 1 is 1.26 bits per heavy atom. The maximum atomic E-state index is 12.9. The van der Waals surface area contributed by atoms with E-state index in [2.05, 4.69) is 5.32 Å². The fourth-order valence-corrected chi connectivity index (χ4v) is 3.67. The molecule has 2 amide bonds. The lowest BCUT2D eigenvalue weighted by Crippen LogP contribution is -2.44. The predicted octanol–water partition coefficient (Wildman–Crippen LogP) is 3.55. The Morgan fingerprint density at radius 3 is 2.65 bits per heavy atom. The maximum Gasteiger partial charge on any atom is 0.249 e. The molecule has 1 unspecified atom stereocenters.